The van der Waals surface area contributed by atoms with Gasteiger partial charge in [-0.05, 0) is 50.0 Å². The third-order valence-corrected chi connectivity index (χ3v) is 3.65. The number of ketones is 1. The standard InChI is InChI=1S/C14H21N3O/c1-10-4-6-17(7-5-10)9-14(18)11-2-3-12(15)13(16)8-11/h2-3,8,10H,4-7,9,15-16H2,1H3. The lowest BCUT2D eigenvalue weighted by Crippen LogP contribution is -2.36. The van der Waals surface area contributed by atoms with E-state index in [1.54, 1.807) is 18.2 Å². The Kier molecular flexibility index (Phi) is 3.87. The van der Waals surface area contributed by atoms with Crippen molar-refractivity contribution in [2.45, 2.75) is 19.8 Å². The van der Waals surface area contributed by atoms with Crippen molar-refractivity contribution in [3.05, 3.63) is 23.8 Å². The number of anilines is 2. The highest BCUT2D eigenvalue weighted by Crippen LogP contribution is 2.19. The maximum absolute atomic E-state index is 12.1. The molecular weight excluding hydrogens is 226 g/mol. The van der Waals surface area contributed by atoms with Crippen LogP contribution in [0.3, 0.4) is 0 Å². The fourth-order valence-electron chi connectivity index (χ4n) is 2.26. The molecule has 1 aliphatic rings. The highest BCUT2D eigenvalue weighted by atomic mass is 16.1. The number of hydrogen-bond donors (Lipinski definition) is 2. The van der Waals surface area contributed by atoms with Gasteiger partial charge in [0.25, 0.3) is 0 Å². The summed E-state index contributed by atoms with van der Waals surface area (Å²) < 4.78 is 0. The number of nitrogen functional groups attached to an aromatic ring is 2. The smallest absolute Gasteiger partial charge is 0.176 e. The lowest BCUT2D eigenvalue weighted by molar-refractivity contribution is 0.0900. The van der Waals surface area contributed by atoms with Crippen LogP contribution in [0.15, 0.2) is 18.2 Å². The first-order valence-electron chi connectivity index (χ1n) is 6.47. The van der Waals surface area contributed by atoms with Gasteiger partial charge in [0.15, 0.2) is 5.78 Å². The Hall–Kier alpha value is -1.55. The van der Waals surface area contributed by atoms with Gasteiger partial charge >= 0.3 is 0 Å². The summed E-state index contributed by atoms with van der Waals surface area (Å²) in [5.41, 5.74) is 13.0. The molecule has 0 saturated carbocycles. The van der Waals surface area contributed by atoms with Gasteiger partial charge < -0.3 is 11.5 Å². The maximum atomic E-state index is 12.1. The minimum Gasteiger partial charge on any atom is -0.397 e. The van der Waals surface area contributed by atoms with E-state index in [9.17, 15) is 4.79 Å². The number of carbonyl (C=O) groups excluding carboxylic acids is 1. The highest BCUT2D eigenvalue weighted by molar-refractivity contribution is 5.99. The van der Waals surface area contributed by atoms with E-state index >= 15 is 0 Å². The maximum Gasteiger partial charge on any atom is 0.176 e. The van der Waals surface area contributed by atoms with Crippen molar-refractivity contribution in [2.24, 2.45) is 5.92 Å². The fraction of sp³-hybridized carbons (Fsp3) is 0.500. The van der Waals surface area contributed by atoms with Crippen molar-refractivity contribution in [3.63, 3.8) is 0 Å². The molecule has 1 heterocycles. The molecular formula is C14H21N3O. The average Bonchev–Trinajstić information content (AvgIpc) is 2.35. The normalized spacial score (nSPS) is 17.8. The second kappa shape index (κ2) is 5.40. The summed E-state index contributed by atoms with van der Waals surface area (Å²) >= 11 is 0. The summed E-state index contributed by atoms with van der Waals surface area (Å²) in [5, 5.41) is 0. The van der Waals surface area contributed by atoms with E-state index in [1.807, 2.05) is 0 Å². The molecule has 1 saturated heterocycles. The van der Waals surface area contributed by atoms with Crippen LogP contribution in [-0.4, -0.2) is 30.3 Å². The van der Waals surface area contributed by atoms with Crippen LogP contribution in [0.5, 0.6) is 0 Å². The Balaban J connectivity index is 1.97. The minimum atomic E-state index is 0.122. The summed E-state index contributed by atoms with van der Waals surface area (Å²) in [6.07, 6.45) is 2.36. The number of likely N-dealkylation sites (tertiary alicyclic amines) is 1. The molecule has 1 aliphatic heterocycles. The Bertz CT molecular complexity index is 437. The molecule has 4 N–H and O–H groups in total. The van der Waals surface area contributed by atoms with E-state index in [4.69, 9.17) is 11.5 Å². The Morgan fingerprint density at radius 3 is 2.56 bits per heavy atom. The molecule has 0 unspecified atom stereocenters. The van der Waals surface area contributed by atoms with Gasteiger partial charge in [-0.2, -0.15) is 0 Å². The predicted molar refractivity (Wildman–Crippen MR) is 74.4 cm³/mol. The first kappa shape index (κ1) is 12.9. The first-order chi connectivity index (χ1) is 8.56. The topological polar surface area (TPSA) is 72.3 Å². The van der Waals surface area contributed by atoms with Gasteiger partial charge in [0.2, 0.25) is 0 Å². The van der Waals surface area contributed by atoms with Gasteiger partial charge in [-0.15, -0.1) is 0 Å². The van der Waals surface area contributed by atoms with Crippen molar-refractivity contribution in [1.29, 1.82) is 0 Å². The molecule has 1 aromatic rings. The molecule has 4 heteroatoms. The van der Waals surface area contributed by atoms with Crippen LogP contribution in [0.2, 0.25) is 0 Å². The monoisotopic (exact) mass is 247 g/mol. The molecule has 0 aliphatic carbocycles. The van der Waals surface area contributed by atoms with Gasteiger partial charge in [-0.25, -0.2) is 0 Å². The van der Waals surface area contributed by atoms with E-state index in [0.717, 1.165) is 19.0 Å². The zero-order valence-electron chi connectivity index (χ0n) is 10.9. The van der Waals surface area contributed by atoms with Crippen LogP contribution in [0, 0.1) is 5.92 Å². The number of hydrogen-bond acceptors (Lipinski definition) is 4. The SMILES string of the molecule is CC1CCN(CC(=O)c2ccc(N)c(N)c2)CC1. The van der Waals surface area contributed by atoms with Gasteiger partial charge in [-0.1, -0.05) is 6.92 Å². The molecule has 0 spiro atoms. The van der Waals surface area contributed by atoms with Crippen molar-refractivity contribution in [3.8, 4) is 0 Å². The lowest BCUT2D eigenvalue weighted by atomic mass is 9.98. The summed E-state index contributed by atoms with van der Waals surface area (Å²) in [6.45, 7) is 4.77. The van der Waals surface area contributed by atoms with Crippen molar-refractivity contribution in [1.82, 2.24) is 4.90 Å². The molecule has 1 aromatic carbocycles. The zero-order valence-corrected chi connectivity index (χ0v) is 10.9. The molecule has 0 aromatic heterocycles. The van der Waals surface area contributed by atoms with Crippen LogP contribution < -0.4 is 11.5 Å². The Labute approximate surface area is 108 Å². The van der Waals surface area contributed by atoms with Crippen molar-refractivity contribution < 1.29 is 4.79 Å². The van der Waals surface area contributed by atoms with Crippen molar-refractivity contribution >= 4 is 17.2 Å². The van der Waals surface area contributed by atoms with E-state index in [-0.39, 0.29) is 5.78 Å². The van der Waals surface area contributed by atoms with Crippen LogP contribution in [0.4, 0.5) is 11.4 Å². The minimum absolute atomic E-state index is 0.122. The second-order valence-corrected chi connectivity index (χ2v) is 5.23. The zero-order chi connectivity index (χ0) is 13.1. The Morgan fingerprint density at radius 1 is 1.28 bits per heavy atom. The largest absolute Gasteiger partial charge is 0.397 e. The molecule has 0 atom stereocenters. The van der Waals surface area contributed by atoms with Gasteiger partial charge in [0.1, 0.15) is 0 Å². The summed E-state index contributed by atoms with van der Waals surface area (Å²) in [4.78, 5) is 14.3. The van der Waals surface area contributed by atoms with E-state index in [0.29, 0.717) is 23.5 Å². The molecule has 98 valence electrons. The third-order valence-electron chi connectivity index (χ3n) is 3.65. The van der Waals surface area contributed by atoms with E-state index in [1.165, 1.54) is 12.8 Å². The third kappa shape index (κ3) is 3.01. The molecule has 18 heavy (non-hydrogen) atoms. The molecule has 1 fully saturated rings. The van der Waals surface area contributed by atoms with Gasteiger partial charge in [0.05, 0.1) is 17.9 Å². The number of carbonyl (C=O) groups is 1. The number of rotatable bonds is 3. The van der Waals surface area contributed by atoms with Gasteiger partial charge in [-0.3, -0.25) is 9.69 Å². The number of nitrogens with zero attached hydrogens (tertiary/aromatic N) is 1. The summed E-state index contributed by atoms with van der Waals surface area (Å²) in [6, 6.07) is 5.12. The number of nitrogens with two attached hydrogens (primary N) is 2. The van der Waals surface area contributed by atoms with Gasteiger partial charge in [0, 0.05) is 5.56 Å². The molecule has 0 radical (unpaired) electrons. The lowest BCUT2D eigenvalue weighted by Gasteiger charge is -2.29. The molecule has 2 rings (SSSR count). The second-order valence-electron chi connectivity index (χ2n) is 5.23. The predicted octanol–water partition coefficient (Wildman–Crippen LogP) is 1.77. The quantitative estimate of drug-likeness (QED) is 0.630. The first-order valence-corrected chi connectivity index (χ1v) is 6.47. The molecule has 4 nitrogen and oxygen atoms in total. The van der Waals surface area contributed by atoms with Crippen LogP contribution in [-0.2, 0) is 0 Å². The van der Waals surface area contributed by atoms with Crippen LogP contribution in [0.1, 0.15) is 30.1 Å². The summed E-state index contributed by atoms with van der Waals surface area (Å²) in [7, 11) is 0. The number of piperidine rings is 1. The van der Waals surface area contributed by atoms with Crippen LogP contribution >= 0.6 is 0 Å². The average molecular weight is 247 g/mol. The number of benzene rings is 1. The molecule has 0 bridgehead atoms. The fourth-order valence-corrected chi connectivity index (χ4v) is 2.26. The Morgan fingerprint density at radius 2 is 1.94 bits per heavy atom. The highest BCUT2D eigenvalue weighted by Gasteiger charge is 2.18. The number of Topliss-reactive ketones (excluding diaryl/α,β-unsaturated/α-hetero) is 1. The molecule has 0 amide bonds. The van der Waals surface area contributed by atoms with E-state index in [2.05, 4.69) is 11.8 Å². The van der Waals surface area contributed by atoms with Crippen LogP contribution in [0.25, 0.3) is 0 Å². The van der Waals surface area contributed by atoms with E-state index < -0.39 is 0 Å². The van der Waals surface area contributed by atoms with Crippen molar-refractivity contribution in [2.75, 3.05) is 31.1 Å². The summed E-state index contributed by atoms with van der Waals surface area (Å²) in [5.74, 6) is 0.903.